The van der Waals surface area contributed by atoms with E-state index in [0.29, 0.717) is 17.1 Å². The molecule has 2 atom stereocenters. The van der Waals surface area contributed by atoms with Crippen LogP contribution in [0.1, 0.15) is 35.7 Å². The van der Waals surface area contributed by atoms with Crippen LogP contribution in [0, 0.1) is 12.8 Å². The Balaban J connectivity index is 2.24. The Labute approximate surface area is 119 Å². The molecule has 1 saturated heterocycles. The van der Waals surface area contributed by atoms with E-state index in [4.69, 9.17) is 11.6 Å². The lowest BCUT2D eigenvalue weighted by molar-refractivity contribution is 0.0488. The molecule has 0 spiro atoms. The van der Waals surface area contributed by atoms with E-state index in [0.717, 1.165) is 18.4 Å². The van der Waals surface area contributed by atoms with Crippen LogP contribution in [-0.4, -0.2) is 35.1 Å². The fourth-order valence-electron chi connectivity index (χ4n) is 2.61. The number of amides is 1. The lowest BCUT2D eigenvalue weighted by Gasteiger charge is -2.37. The fourth-order valence-corrected chi connectivity index (χ4v) is 2.78. The molecule has 19 heavy (non-hydrogen) atoms. The van der Waals surface area contributed by atoms with E-state index in [1.807, 2.05) is 17.9 Å². The SMILES string of the molecule is Cc1c(Cl)cccc1C(=O)N1C[C@@H](CO)CC[C@H]1C. The minimum absolute atomic E-state index is 0.0191. The Hall–Kier alpha value is -1.06. The predicted molar refractivity (Wildman–Crippen MR) is 76.5 cm³/mol. The predicted octanol–water partition coefficient (Wildman–Crippen LogP) is 2.88. The van der Waals surface area contributed by atoms with Crippen LogP contribution in [0.3, 0.4) is 0 Å². The van der Waals surface area contributed by atoms with Gasteiger partial charge in [-0.05, 0) is 50.3 Å². The van der Waals surface area contributed by atoms with Crippen molar-refractivity contribution in [3.05, 3.63) is 34.3 Å². The first-order valence-electron chi connectivity index (χ1n) is 6.71. The first kappa shape index (κ1) is 14.4. The summed E-state index contributed by atoms with van der Waals surface area (Å²) in [4.78, 5) is 14.5. The quantitative estimate of drug-likeness (QED) is 0.905. The van der Waals surface area contributed by atoms with Crippen molar-refractivity contribution in [2.75, 3.05) is 13.2 Å². The minimum Gasteiger partial charge on any atom is -0.396 e. The number of carbonyl (C=O) groups excluding carboxylic acids is 1. The highest BCUT2D eigenvalue weighted by Gasteiger charge is 2.29. The molecule has 1 aromatic rings. The van der Waals surface area contributed by atoms with Gasteiger partial charge in [-0.3, -0.25) is 4.79 Å². The van der Waals surface area contributed by atoms with Gasteiger partial charge in [0, 0.05) is 29.8 Å². The van der Waals surface area contributed by atoms with Crippen molar-refractivity contribution in [2.45, 2.75) is 32.7 Å². The third-order valence-corrected chi connectivity index (χ3v) is 4.41. The molecule has 1 fully saturated rings. The van der Waals surface area contributed by atoms with Gasteiger partial charge in [-0.15, -0.1) is 0 Å². The van der Waals surface area contributed by atoms with Gasteiger partial charge in [-0.25, -0.2) is 0 Å². The Morgan fingerprint density at radius 2 is 2.21 bits per heavy atom. The molecule has 0 aliphatic carbocycles. The highest BCUT2D eigenvalue weighted by Crippen LogP contribution is 2.26. The molecule has 104 valence electrons. The Morgan fingerprint density at radius 1 is 1.47 bits per heavy atom. The average Bonchev–Trinajstić information content (AvgIpc) is 2.42. The maximum absolute atomic E-state index is 12.6. The van der Waals surface area contributed by atoms with Gasteiger partial charge in [-0.2, -0.15) is 0 Å². The monoisotopic (exact) mass is 281 g/mol. The van der Waals surface area contributed by atoms with Crippen LogP contribution in [-0.2, 0) is 0 Å². The van der Waals surface area contributed by atoms with Gasteiger partial charge in [0.2, 0.25) is 0 Å². The summed E-state index contributed by atoms with van der Waals surface area (Å²) in [5.74, 6) is 0.213. The van der Waals surface area contributed by atoms with Crippen molar-refractivity contribution in [1.82, 2.24) is 4.90 Å². The summed E-state index contributed by atoms with van der Waals surface area (Å²) in [5, 5.41) is 9.91. The van der Waals surface area contributed by atoms with Gasteiger partial charge in [0.05, 0.1) is 0 Å². The summed E-state index contributed by atoms with van der Waals surface area (Å²) >= 11 is 6.08. The lowest BCUT2D eigenvalue weighted by Crippen LogP contribution is -2.46. The summed E-state index contributed by atoms with van der Waals surface area (Å²) in [6.45, 7) is 4.70. The van der Waals surface area contributed by atoms with E-state index in [1.54, 1.807) is 12.1 Å². The van der Waals surface area contributed by atoms with Crippen LogP contribution in [0.5, 0.6) is 0 Å². The van der Waals surface area contributed by atoms with Gasteiger partial charge in [0.25, 0.3) is 5.91 Å². The number of carbonyl (C=O) groups is 1. The van der Waals surface area contributed by atoms with Crippen molar-refractivity contribution in [1.29, 1.82) is 0 Å². The standard InChI is InChI=1S/C15H20ClNO2/c1-10-6-7-12(9-18)8-17(10)15(19)13-4-3-5-14(16)11(13)2/h3-5,10,12,18H,6-9H2,1-2H3/t10-,12+/m1/s1. The zero-order chi connectivity index (χ0) is 14.0. The molecule has 1 heterocycles. The molecule has 4 heteroatoms. The fraction of sp³-hybridized carbons (Fsp3) is 0.533. The molecule has 0 unspecified atom stereocenters. The lowest BCUT2D eigenvalue weighted by atomic mass is 9.93. The molecular formula is C15H20ClNO2. The van der Waals surface area contributed by atoms with Gasteiger partial charge in [-0.1, -0.05) is 17.7 Å². The van der Waals surface area contributed by atoms with Crippen molar-refractivity contribution >= 4 is 17.5 Å². The number of nitrogens with zero attached hydrogens (tertiary/aromatic N) is 1. The molecule has 1 aliphatic rings. The summed E-state index contributed by atoms with van der Waals surface area (Å²) in [6.07, 6.45) is 1.92. The molecule has 2 rings (SSSR count). The average molecular weight is 282 g/mol. The molecule has 0 radical (unpaired) electrons. The van der Waals surface area contributed by atoms with Crippen LogP contribution in [0.4, 0.5) is 0 Å². The number of aliphatic hydroxyl groups excluding tert-OH is 1. The largest absolute Gasteiger partial charge is 0.396 e. The van der Waals surface area contributed by atoms with Crippen molar-refractivity contribution in [3.63, 3.8) is 0 Å². The maximum atomic E-state index is 12.6. The van der Waals surface area contributed by atoms with E-state index >= 15 is 0 Å². The van der Waals surface area contributed by atoms with Gasteiger partial charge >= 0.3 is 0 Å². The van der Waals surface area contributed by atoms with Gasteiger partial charge in [0.1, 0.15) is 0 Å². The highest BCUT2D eigenvalue weighted by molar-refractivity contribution is 6.31. The van der Waals surface area contributed by atoms with Crippen molar-refractivity contribution in [2.24, 2.45) is 5.92 Å². The summed E-state index contributed by atoms with van der Waals surface area (Å²) < 4.78 is 0. The Morgan fingerprint density at radius 3 is 2.89 bits per heavy atom. The number of halogens is 1. The first-order chi connectivity index (χ1) is 9.04. The third kappa shape index (κ3) is 2.93. The van der Waals surface area contributed by atoms with E-state index in [1.165, 1.54) is 0 Å². The van der Waals surface area contributed by atoms with Crippen molar-refractivity contribution in [3.8, 4) is 0 Å². The van der Waals surface area contributed by atoms with E-state index < -0.39 is 0 Å². The molecule has 1 aromatic carbocycles. The van der Waals surface area contributed by atoms with Crippen LogP contribution >= 0.6 is 11.6 Å². The first-order valence-corrected chi connectivity index (χ1v) is 7.09. The number of rotatable bonds is 2. The number of hydrogen-bond acceptors (Lipinski definition) is 2. The number of aliphatic hydroxyl groups is 1. The zero-order valence-electron chi connectivity index (χ0n) is 11.4. The minimum atomic E-state index is 0.0191. The number of benzene rings is 1. The van der Waals surface area contributed by atoms with E-state index in [2.05, 4.69) is 6.92 Å². The maximum Gasteiger partial charge on any atom is 0.254 e. The summed E-state index contributed by atoms with van der Waals surface area (Å²) in [6, 6.07) is 5.64. The molecule has 0 aromatic heterocycles. The summed E-state index contributed by atoms with van der Waals surface area (Å²) in [5.41, 5.74) is 1.49. The van der Waals surface area contributed by atoms with E-state index in [9.17, 15) is 9.90 Å². The molecular weight excluding hydrogens is 262 g/mol. The molecule has 1 N–H and O–H groups in total. The second-order valence-electron chi connectivity index (χ2n) is 5.34. The van der Waals surface area contributed by atoms with Crippen LogP contribution in [0.2, 0.25) is 5.02 Å². The van der Waals surface area contributed by atoms with Gasteiger partial charge in [0.15, 0.2) is 0 Å². The molecule has 3 nitrogen and oxygen atoms in total. The Bertz CT molecular complexity index is 475. The highest BCUT2D eigenvalue weighted by atomic mass is 35.5. The molecule has 1 aliphatic heterocycles. The van der Waals surface area contributed by atoms with Gasteiger partial charge < -0.3 is 10.0 Å². The summed E-state index contributed by atoms with van der Waals surface area (Å²) in [7, 11) is 0. The van der Waals surface area contributed by atoms with Crippen LogP contribution in [0.25, 0.3) is 0 Å². The topological polar surface area (TPSA) is 40.5 Å². The van der Waals surface area contributed by atoms with Crippen molar-refractivity contribution < 1.29 is 9.90 Å². The number of hydrogen-bond donors (Lipinski definition) is 1. The second-order valence-corrected chi connectivity index (χ2v) is 5.75. The van der Waals surface area contributed by atoms with Crippen LogP contribution in [0.15, 0.2) is 18.2 Å². The zero-order valence-corrected chi connectivity index (χ0v) is 12.2. The smallest absolute Gasteiger partial charge is 0.254 e. The molecule has 0 saturated carbocycles. The van der Waals surface area contributed by atoms with E-state index in [-0.39, 0.29) is 24.5 Å². The normalized spacial score (nSPS) is 23.5. The number of piperidine rings is 1. The molecule has 1 amide bonds. The Kier molecular flexibility index (Phi) is 4.48. The third-order valence-electron chi connectivity index (χ3n) is 4.00. The second kappa shape index (κ2) is 5.93. The number of likely N-dealkylation sites (tertiary alicyclic amines) is 1. The van der Waals surface area contributed by atoms with Crippen LogP contribution < -0.4 is 0 Å². The molecule has 0 bridgehead atoms.